The summed E-state index contributed by atoms with van der Waals surface area (Å²) in [6, 6.07) is 12.8. The number of sulfonamides is 1. The Labute approximate surface area is 193 Å². The van der Waals surface area contributed by atoms with Crippen molar-refractivity contribution in [2.75, 3.05) is 5.32 Å². The largest absolute Gasteiger partial charge is 0.325 e. The molecule has 1 amide bonds. The molecule has 172 valence electrons. The van der Waals surface area contributed by atoms with Gasteiger partial charge in [-0.3, -0.25) is 18.6 Å². The van der Waals surface area contributed by atoms with Crippen molar-refractivity contribution < 1.29 is 13.2 Å². The van der Waals surface area contributed by atoms with Crippen molar-refractivity contribution in [1.82, 2.24) is 19.2 Å². The second-order valence-electron chi connectivity index (χ2n) is 7.41. The highest BCUT2D eigenvalue weighted by Gasteiger charge is 2.21. The molecule has 0 spiro atoms. The highest BCUT2D eigenvalue weighted by Crippen LogP contribution is 2.26. The van der Waals surface area contributed by atoms with E-state index in [1.165, 1.54) is 36.0 Å². The topological polar surface area (TPSA) is 141 Å². The summed E-state index contributed by atoms with van der Waals surface area (Å²) < 4.78 is 26.2. The van der Waals surface area contributed by atoms with Crippen LogP contribution in [-0.4, -0.2) is 38.7 Å². The van der Waals surface area contributed by atoms with E-state index in [0.717, 1.165) is 6.42 Å². The number of amides is 1. The molecule has 10 nitrogen and oxygen atoms in total. The zero-order valence-corrected chi connectivity index (χ0v) is 19.6. The van der Waals surface area contributed by atoms with Gasteiger partial charge in [0.15, 0.2) is 5.16 Å². The number of benzene rings is 2. The fourth-order valence-corrected chi connectivity index (χ4v) is 4.79. The van der Waals surface area contributed by atoms with Gasteiger partial charge in [-0.1, -0.05) is 30.8 Å². The molecular weight excluding hydrogens is 464 g/mol. The van der Waals surface area contributed by atoms with Crippen LogP contribution >= 0.6 is 11.8 Å². The maximum absolute atomic E-state index is 12.9. The number of carbonyl (C=O) groups is 1. The molecule has 2 aromatic carbocycles. The first-order chi connectivity index (χ1) is 15.7. The summed E-state index contributed by atoms with van der Waals surface area (Å²) in [7, 11) is -3.81. The number of nitrogens with two attached hydrogens (primary N) is 1. The molecule has 3 N–H and O–H groups in total. The van der Waals surface area contributed by atoms with Crippen LogP contribution in [0.5, 0.6) is 0 Å². The first-order valence-electron chi connectivity index (χ1n) is 10.2. The quantitative estimate of drug-likeness (QED) is 0.382. The van der Waals surface area contributed by atoms with Gasteiger partial charge in [0.25, 0.3) is 5.56 Å². The van der Waals surface area contributed by atoms with Crippen molar-refractivity contribution in [1.29, 1.82) is 0 Å². The van der Waals surface area contributed by atoms with Crippen LogP contribution in [0.4, 0.5) is 5.69 Å². The van der Waals surface area contributed by atoms with E-state index in [9.17, 15) is 18.0 Å². The van der Waals surface area contributed by atoms with E-state index < -0.39 is 15.3 Å². The molecule has 0 bridgehead atoms. The Hall–Kier alpha value is -3.22. The molecule has 4 aromatic rings. The van der Waals surface area contributed by atoms with E-state index in [-0.39, 0.29) is 16.4 Å². The minimum Gasteiger partial charge on any atom is -0.325 e. The van der Waals surface area contributed by atoms with Gasteiger partial charge in [0.1, 0.15) is 0 Å². The predicted molar refractivity (Wildman–Crippen MR) is 127 cm³/mol. The number of hydrogen-bond donors (Lipinski definition) is 2. The molecular formula is C21H22N6O4S2. The summed E-state index contributed by atoms with van der Waals surface area (Å²) in [5, 5.41) is 16.8. The maximum atomic E-state index is 12.9. The lowest BCUT2D eigenvalue weighted by Crippen LogP contribution is -2.24. The van der Waals surface area contributed by atoms with Crippen LogP contribution in [0.1, 0.15) is 20.3 Å². The molecule has 0 aliphatic rings. The van der Waals surface area contributed by atoms with Gasteiger partial charge in [-0.2, -0.15) is 0 Å². The number of para-hydroxylation sites is 1. The van der Waals surface area contributed by atoms with Gasteiger partial charge in [-0.15, -0.1) is 10.2 Å². The number of nitrogens with one attached hydrogen (secondary N) is 1. The molecule has 1 atom stereocenters. The van der Waals surface area contributed by atoms with Gasteiger partial charge in [0, 0.05) is 12.2 Å². The Morgan fingerprint density at radius 1 is 1.15 bits per heavy atom. The van der Waals surface area contributed by atoms with Crippen LogP contribution in [0.3, 0.4) is 0 Å². The summed E-state index contributed by atoms with van der Waals surface area (Å²) in [4.78, 5) is 25.6. The summed E-state index contributed by atoms with van der Waals surface area (Å²) in [5.41, 5.74) is 0.981. The Kier molecular flexibility index (Phi) is 6.23. The van der Waals surface area contributed by atoms with Gasteiger partial charge in [-0.05, 0) is 49.7 Å². The molecule has 12 heteroatoms. The Balaban J connectivity index is 1.63. The molecule has 33 heavy (non-hydrogen) atoms. The zero-order valence-electron chi connectivity index (χ0n) is 17.9. The third-order valence-electron chi connectivity index (χ3n) is 5.03. The van der Waals surface area contributed by atoms with E-state index >= 15 is 0 Å². The number of nitrogens with zero attached hydrogens (tertiary/aromatic N) is 4. The lowest BCUT2D eigenvalue weighted by atomic mass is 10.2. The monoisotopic (exact) mass is 486 g/mol. The number of thioether (sulfide) groups is 1. The summed E-state index contributed by atoms with van der Waals surface area (Å²) in [6.07, 6.45) is 0.756. The standard InChI is InChI=1S/C21H22N6O4S2/c1-3-12-26-19(29)16-6-4-5-7-17(16)27-20(26)24-25-21(27)32-13(2)18(28)23-14-8-10-15(11-9-14)33(22,30)31/h4-11,13H,3,12H2,1-2H3,(H,23,28)(H2,22,30,31). The highest BCUT2D eigenvalue weighted by molar-refractivity contribution is 8.00. The minimum atomic E-state index is -3.81. The van der Waals surface area contributed by atoms with Crippen LogP contribution in [0, 0.1) is 0 Å². The third kappa shape index (κ3) is 4.49. The van der Waals surface area contributed by atoms with Crippen molar-refractivity contribution in [2.45, 2.75) is 42.1 Å². The van der Waals surface area contributed by atoms with Crippen molar-refractivity contribution in [2.24, 2.45) is 5.14 Å². The minimum absolute atomic E-state index is 0.0390. The van der Waals surface area contributed by atoms with Gasteiger partial charge >= 0.3 is 0 Å². The van der Waals surface area contributed by atoms with Crippen LogP contribution in [-0.2, 0) is 21.4 Å². The molecule has 1 unspecified atom stereocenters. The van der Waals surface area contributed by atoms with Gasteiger partial charge in [0.05, 0.1) is 21.0 Å². The Morgan fingerprint density at radius 3 is 2.52 bits per heavy atom. The van der Waals surface area contributed by atoms with E-state index in [4.69, 9.17) is 5.14 Å². The lowest BCUT2D eigenvalue weighted by molar-refractivity contribution is -0.115. The zero-order chi connectivity index (χ0) is 23.8. The number of fused-ring (bicyclic) bond motifs is 3. The van der Waals surface area contributed by atoms with E-state index in [1.54, 1.807) is 28.0 Å². The molecule has 0 fully saturated rings. The van der Waals surface area contributed by atoms with Crippen LogP contribution in [0.2, 0.25) is 0 Å². The molecule has 0 saturated heterocycles. The molecule has 2 aromatic heterocycles. The molecule has 2 heterocycles. The second-order valence-corrected chi connectivity index (χ2v) is 10.3. The third-order valence-corrected chi connectivity index (χ3v) is 7.00. The fraction of sp³-hybridized carbons (Fsp3) is 0.238. The van der Waals surface area contributed by atoms with Gasteiger partial charge in [0.2, 0.25) is 21.7 Å². The molecule has 4 rings (SSSR count). The van der Waals surface area contributed by atoms with Crippen LogP contribution < -0.4 is 16.0 Å². The normalized spacial score (nSPS) is 12.8. The number of rotatable bonds is 7. The van der Waals surface area contributed by atoms with Crippen LogP contribution in [0.15, 0.2) is 63.4 Å². The lowest BCUT2D eigenvalue weighted by Gasteiger charge is -2.13. The molecule has 0 aliphatic heterocycles. The number of primary sulfonamides is 1. The predicted octanol–water partition coefficient (Wildman–Crippen LogP) is 2.22. The van der Waals surface area contributed by atoms with E-state index in [1.807, 2.05) is 19.1 Å². The number of anilines is 1. The smallest absolute Gasteiger partial charge is 0.262 e. The summed E-state index contributed by atoms with van der Waals surface area (Å²) in [5.74, 6) is 0.125. The van der Waals surface area contributed by atoms with Crippen molar-refractivity contribution >= 4 is 50.1 Å². The van der Waals surface area contributed by atoms with E-state index in [0.29, 0.717) is 34.1 Å². The fourth-order valence-electron chi connectivity index (χ4n) is 3.42. The molecule has 0 radical (unpaired) electrons. The highest BCUT2D eigenvalue weighted by atomic mass is 32.2. The first-order valence-corrected chi connectivity index (χ1v) is 12.6. The number of hydrogen-bond acceptors (Lipinski definition) is 7. The Bertz CT molecular complexity index is 1510. The Morgan fingerprint density at radius 2 is 1.85 bits per heavy atom. The molecule has 0 aliphatic carbocycles. The van der Waals surface area contributed by atoms with Crippen LogP contribution in [0.25, 0.3) is 16.7 Å². The second kappa shape index (κ2) is 8.96. The SMILES string of the molecule is CCCn1c(=O)c2ccccc2n2c(SC(C)C(=O)Nc3ccc(S(N)(=O)=O)cc3)nnc12. The average Bonchev–Trinajstić information content (AvgIpc) is 3.20. The number of aromatic nitrogens is 4. The number of aryl methyl sites for hydroxylation is 1. The van der Waals surface area contributed by atoms with Gasteiger partial charge in [-0.25, -0.2) is 13.6 Å². The molecule has 0 saturated carbocycles. The van der Waals surface area contributed by atoms with Crippen molar-refractivity contribution in [3.63, 3.8) is 0 Å². The first kappa shape index (κ1) is 23.0. The average molecular weight is 487 g/mol. The van der Waals surface area contributed by atoms with Gasteiger partial charge < -0.3 is 5.32 Å². The van der Waals surface area contributed by atoms with Crippen molar-refractivity contribution in [3.05, 3.63) is 58.9 Å². The summed E-state index contributed by atoms with van der Waals surface area (Å²) in [6.45, 7) is 4.20. The number of carbonyl (C=O) groups excluding carboxylic acids is 1. The van der Waals surface area contributed by atoms with E-state index in [2.05, 4.69) is 15.5 Å². The summed E-state index contributed by atoms with van der Waals surface area (Å²) >= 11 is 1.21. The maximum Gasteiger partial charge on any atom is 0.262 e. The van der Waals surface area contributed by atoms with Crippen molar-refractivity contribution in [3.8, 4) is 0 Å².